The van der Waals surface area contributed by atoms with Crippen LogP contribution < -0.4 is 10.6 Å². The van der Waals surface area contributed by atoms with Gasteiger partial charge in [0, 0.05) is 44.5 Å². The molecule has 1 aliphatic rings. The molecule has 3 aromatic rings. The highest BCUT2D eigenvalue weighted by Gasteiger charge is 2.23. The average molecular weight is 417 g/mol. The first-order valence-corrected chi connectivity index (χ1v) is 10.5. The average Bonchev–Trinajstić information content (AvgIpc) is 3.34. The summed E-state index contributed by atoms with van der Waals surface area (Å²) in [5.74, 6) is 0.488. The van der Waals surface area contributed by atoms with Gasteiger partial charge in [0.1, 0.15) is 5.82 Å². The zero-order valence-corrected chi connectivity index (χ0v) is 17.2. The number of morpholine rings is 1. The number of hydrogen-bond donors (Lipinski definition) is 2. The van der Waals surface area contributed by atoms with Crippen molar-refractivity contribution in [3.8, 4) is 0 Å². The monoisotopic (exact) mass is 416 g/mol. The number of thiazole rings is 1. The Bertz CT molecular complexity index is 919. The molecule has 0 saturated carbocycles. The van der Waals surface area contributed by atoms with Crippen LogP contribution in [0.3, 0.4) is 0 Å². The van der Waals surface area contributed by atoms with Crippen molar-refractivity contribution in [2.24, 2.45) is 4.99 Å². The Hall–Kier alpha value is -2.49. The van der Waals surface area contributed by atoms with E-state index in [9.17, 15) is 4.39 Å². The van der Waals surface area contributed by atoms with E-state index in [2.05, 4.69) is 25.5 Å². The molecule has 2 N–H and O–H groups in total. The number of aliphatic imine (C=N–C) groups is 1. The second kappa shape index (κ2) is 9.34. The number of guanidine groups is 1. The van der Waals surface area contributed by atoms with E-state index in [1.807, 2.05) is 34.3 Å². The molecule has 29 heavy (non-hydrogen) atoms. The third kappa shape index (κ3) is 4.92. The van der Waals surface area contributed by atoms with Gasteiger partial charge in [-0.05, 0) is 17.7 Å². The molecular formula is C20H25FN6OS. The summed E-state index contributed by atoms with van der Waals surface area (Å²) in [5.41, 5.74) is 2.04. The molecular weight excluding hydrogens is 391 g/mol. The molecule has 1 aliphatic heterocycles. The van der Waals surface area contributed by atoms with Crippen LogP contribution in [0.25, 0.3) is 4.96 Å². The highest BCUT2D eigenvalue weighted by molar-refractivity contribution is 7.15. The number of halogens is 1. The maximum Gasteiger partial charge on any atom is 0.193 e. The fourth-order valence-electron chi connectivity index (χ4n) is 3.48. The Labute approximate surface area is 173 Å². The van der Waals surface area contributed by atoms with Crippen molar-refractivity contribution < 1.29 is 9.13 Å². The summed E-state index contributed by atoms with van der Waals surface area (Å²) < 4.78 is 20.9. The van der Waals surface area contributed by atoms with Gasteiger partial charge in [-0.2, -0.15) is 0 Å². The van der Waals surface area contributed by atoms with E-state index in [1.54, 1.807) is 18.4 Å². The van der Waals surface area contributed by atoms with E-state index in [4.69, 9.17) is 4.74 Å². The number of ether oxygens (including phenoxy) is 1. The van der Waals surface area contributed by atoms with Gasteiger partial charge in [-0.25, -0.2) is 9.37 Å². The summed E-state index contributed by atoms with van der Waals surface area (Å²) in [4.78, 5) is 12.3. The van der Waals surface area contributed by atoms with Crippen LogP contribution in [0.4, 0.5) is 4.39 Å². The number of aromatic nitrogens is 2. The zero-order chi connectivity index (χ0) is 20.1. The van der Waals surface area contributed by atoms with Crippen LogP contribution in [0, 0.1) is 5.82 Å². The minimum Gasteiger partial charge on any atom is -0.379 e. The Morgan fingerprint density at radius 3 is 2.79 bits per heavy atom. The SMILES string of the molecule is CN=C(NCc1cn2ccsc2n1)NCC(c1ccc(F)cc1)N1CCOCC1. The topological polar surface area (TPSA) is 66.2 Å². The molecule has 1 unspecified atom stereocenters. The fourth-order valence-corrected chi connectivity index (χ4v) is 4.20. The molecule has 1 aromatic carbocycles. The number of nitrogens with one attached hydrogen (secondary N) is 2. The van der Waals surface area contributed by atoms with E-state index >= 15 is 0 Å². The van der Waals surface area contributed by atoms with Crippen molar-refractivity contribution in [1.82, 2.24) is 24.9 Å². The first kappa shape index (κ1) is 19.8. The van der Waals surface area contributed by atoms with Crippen molar-refractivity contribution >= 4 is 22.3 Å². The van der Waals surface area contributed by atoms with Crippen LogP contribution in [0.15, 0.2) is 47.0 Å². The molecule has 1 atom stereocenters. The van der Waals surface area contributed by atoms with Crippen LogP contribution in [0.1, 0.15) is 17.3 Å². The van der Waals surface area contributed by atoms with E-state index in [0.717, 1.165) is 29.3 Å². The van der Waals surface area contributed by atoms with Crippen molar-refractivity contribution in [1.29, 1.82) is 0 Å². The van der Waals surface area contributed by atoms with Crippen molar-refractivity contribution in [3.05, 3.63) is 59.1 Å². The van der Waals surface area contributed by atoms with Crippen LogP contribution in [-0.2, 0) is 11.3 Å². The fraction of sp³-hybridized carbons (Fsp3) is 0.400. The summed E-state index contributed by atoms with van der Waals surface area (Å²) in [7, 11) is 1.75. The van der Waals surface area contributed by atoms with Gasteiger partial charge in [-0.15, -0.1) is 11.3 Å². The largest absolute Gasteiger partial charge is 0.379 e. The van der Waals surface area contributed by atoms with E-state index in [1.165, 1.54) is 12.1 Å². The second-order valence-electron chi connectivity index (χ2n) is 6.85. The minimum atomic E-state index is -0.222. The summed E-state index contributed by atoms with van der Waals surface area (Å²) in [5, 5.41) is 8.74. The Morgan fingerprint density at radius 1 is 1.28 bits per heavy atom. The van der Waals surface area contributed by atoms with Gasteiger partial charge in [0.2, 0.25) is 0 Å². The van der Waals surface area contributed by atoms with Crippen molar-refractivity contribution in [2.45, 2.75) is 12.6 Å². The Morgan fingerprint density at radius 2 is 2.07 bits per heavy atom. The van der Waals surface area contributed by atoms with Gasteiger partial charge < -0.3 is 15.4 Å². The number of hydrogen-bond acceptors (Lipinski definition) is 5. The van der Waals surface area contributed by atoms with Gasteiger partial charge in [-0.3, -0.25) is 14.3 Å². The molecule has 1 saturated heterocycles. The Kier molecular flexibility index (Phi) is 6.38. The van der Waals surface area contributed by atoms with Crippen LogP contribution in [0.2, 0.25) is 0 Å². The molecule has 1 fully saturated rings. The third-order valence-corrected chi connectivity index (χ3v) is 5.78. The molecule has 2 aromatic heterocycles. The maximum atomic E-state index is 13.4. The maximum absolute atomic E-state index is 13.4. The number of benzene rings is 1. The van der Waals surface area contributed by atoms with Crippen LogP contribution >= 0.6 is 11.3 Å². The third-order valence-electron chi connectivity index (χ3n) is 5.01. The van der Waals surface area contributed by atoms with Gasteiger partial charge in [0.05, 0.1) is 31.5 Å². The lowest BCUT2D eigenvalue weighted by Gasteiger charge is -2.35. The Balaban J connectivity index is 1.39. The van der Waals surface area contributed by atoms with Gasteiger partial charge in [0.25, 0.3) is 0 Å². The number of fused-ring (bicyclic) bond motifs is 1. The standard InChI is InChI=1S/C20H25FN6OS/c1-22-19(23-12-17-14-27-8-11-29-20(27)25-17)24-13-18(26-6-9-28-10-7-26)15-2-4-16(21)5-3-15/h2-5,8,11,14,18H,6-7,9-10,12-13H2,1H3,(H2,22,23,24). The first-order chi connectivity index (χ1) is 14.2. The number of nitrogens with zero attached hydrogens (tertiary/aromatic N) is 4. The second-order valence-corrected chi connectivity index (χ2v) is 7.72. The quantitative estimate of drug-likeness (QED) is 0.477. The number of imidazole rings is 1. The van der Waals surface area contributed by atoms with E-state index < -0.39 is 0 Å². The molecule has 0 aliphatic carbocycles. The predicted molar refractivity (Wildman–Crippen MR) is 113 cm³/mol. The molecule has 3 heterocycles. The van der Waals surface area contributed by atoms with Gasteiger partial charge >= 0.3 is 0 Å². The van der Waals surface area contributed by atoms with E-state index in [-0.39, 0.29) is 11.9 Å². The summed E-state index contributed by atoms with van der Waals surface area (Å²) >= 11 is 1.61. The molecule has 7 nitrogen and oxygen atoms in total. The summed E-state index contributed by atoms with van der Waals surface area (Å²) in [6.45, 7) is 4.36. The van der Waals surface area contributed by atoms with Crippen LogP contribution in [-0.4, -0.2) is 60.1 Å². The lowest BCUT2D eigenvalue weighted by molar-refractivity contribution is 0.0170. The van der Waals surface area contributed by atoms with Crippen LogP contribution in [0.5, 0.6) is 0 Å². The molecule has 4 rings (SSSR count). The lowest BCUT2D eigenvalue weighted by atomic mass is 10.0. The summed E-state index contributed by atoms with van der Waals surface area (Å²) in [6, 6.07) is 6.84. The first-order valence-electron chi connectivity index (χ1n) is 9.66. The van der Waals surface area contributed by atoms with E-state index in [0.29, 0.717) is 32.3 Å². The molecule has 0 radical (unpaired) electrons. The predicted octanol–water partition coefficient (Wildman–Crippen LogP) is 2.27. The lowest BCUT2D eigenvalue weighted by Crippen LogP contribution is -2.46. The molecule has 154 valence electrons. The smallest absolute Gasteiger partial charge is 0.193 e. The highest BCUT2D eigenvalue weighted by atomic mass is 32.1. The highest BCUT2D eigenvalue weighted by Crippen LogP contribution is 2.21. The normalized spacial score (nSPS) is 16.8. The summed E-state index contributed by atoms with van der Waals surface area (Å²) in [6.07, 6.45) is 4.01. The molecule has 9 heteroatoms. The molecule has 0 amide bonds. The van der Waals surface area contributed by atoms with Crippen molar-refractivity contribution in [2.75, 3.05) is 39.9 Å². The van der Waals surface area contributed by atoms with Gasteiger partial charge in [-0.1, -0.05) is 12.1 Å². The molecule has 0 spiro atoms. The zero-order valence-electron chi connectivity index (χ0n) is 16.3. The van der Waals surface area contributed by atoms with Gasteiger partial charge in [0.15, 0.2) is 10.9 Å². The number of rotatable bonds is 6. The van der Waals surface area contributed by atoms with Crippen molar-refractivity contribution in [3.63, 3.8) is 0 Å². The molecule has 0 bridgehead atoms. The minimum absolute atomic E-state index is 0.107.